The molecule has 2 aromatic rings. The van der Waals surface area contributed by atoms with Crippen LogP contribution in [0.25, 0.3) is 0 Å². The zero-order chi connectivity index (χ0) is 23.3. The van der Waals surface area contributed by atoms with Crippen molar-refractivity contribution in [3.05, 3.63) is 66.4 Å². The van der Waals surface area contributed by atoms with Gasteiger partial charge < -0.3 is 20.1 Å². The van der Waals surface area contributed by atoms with Gasteiger partial charge in [0.05, 0.1) is 11.5 Å². The molecule has 2 N–H and O–H groups in total. The van der Waals surface area contributed by atoms with Crippen molar-refractivity contribution >= 4 is 15.5 Å². The number of ether oxygens (including phenoxy) is 2. The minimum Gasteiger partial charge on any atom is -0.493 e. The number of anilines is 1. The van der Waals surface area contributed by atoms with Crippen LogP contribution in [0.3, 0.4) is 0 Å². The van der Waals surface area contributed by atoms with Gasteiger partial charge in [0.2, 0.25) is 0 Å². The smallest absolute Gasteiger partial charge is 0.189 e. The van der Waals surface area contributed by atoms with Gasteiger partial charge in [0.25, 0.3) is 0 Å². The van der Waals surface area contributed by atoms with E-state index in [4.69, 9.17) is 15.2 Å². The predicted octanol–water partition coefficient (Wildman–Crippen LogP) is 4.09. The van der Waals surface area contributed by atoms with Gasteiger partial charge in [0, 0.05) is 44.1 Å². The average Bonchev–Trinajstić information content (AvgIpc) is 2.85. The highest BCUT2D eigenvalue weighted by Crippen LogP contribution is 2.38. The molecule has 0 aliphatic carbocycles. The van der Waals surface area contributed by atoms with E-state index in [1.54, 1.807) is 24.3 Å². The largest absolute Gasteiger partial charge is 0.493 e. The van der Waals surface area contributed by atoms with Crippen LogP contribution in [0.15, 0.2) is 65.7 Å². The molecule has 2 heterocycles. The Bertz CT molecular complexity index is 1050. The van der Waals surface area contributed by atoms with Crippen molar-refractivity contribution in [1.82, 2.24) is 0 Å². The van der Waals surface area contributed by atoms with Crippen LogP contribution in [0.5, 0.6) is 5.75 Å². The van der Waals surface area contributed by atoms with Crippen molar-refractivity contribution in [1.29, 1.82) is 0 Å². The number of hydrogen-bond donors (Lipinski definition) is 1. The molecule has 2 fully saturated rings. The van der Waals surface area contributed by atoms with Gasteiger partial charge in [-0.25, -0.2) is 8.42 Å². The molecule has 0 unspecified atom stereocenters. The molecule has 0 spiro atoms. The van der Waals surface area contributed by atoms with Crippen LogP contribution < -0.4 is 15.4 Å². The second kappa shape index (κ2) is 10.2. The second-order valence-corrected chi connectivity index (χ2v) is 11.2. The van der Waals surface area contributed by atoms with Crippen molar-refractivity contribution in [2.75, 3.05) is 37.8 Å². The average molecular weight is 471 g/mol. The fourth-order valence-electron chi connectivity index (χ4n) is 4.75. The van der Waals surface area contributed by atoms with Gasteiger partial charge in [-0.05, 0) is 74.1 Å². The van der Waals surface area contributed by atoms with Crippen molar-refractivity contribution in [2.45, 2.75) is 48.2 Å². The molecule has 4 rings (SSSR count). The van der Waals surface area contributed by atoms with E-state index in [0.29, 0.717) is 38.4 Å². The molecular formula is C26H34N2O4S. The second-order valence-electron chi connectivity index (χ2n) is 8.92. The van der Waals surface area contributed by atoms with Gasteiger partial charge in [-0.1, -0.05) is 18.7 Å². The van der Waals surface area contributed by atoms with Gasteiger partial charge in [0.15, 0.2) is 9.84 Å². The van der Waals surface area contributed by atoms with Gasteiger partial charge in [-0.15, -0.1) is 0 Å². The Hall–Kier alpha value is -2.51. The zero-order valence-electron chi connectivity index (χ0n) is 19.2. The quantitative estimate of drug-likeness (QED) is 0.626. The first-order chi connectivity index (χ1) is 15.9. The number of nitrogens with two attached hydrogens (primary N) is 1. The first-order valence-corrected chi connectivity index (χ1v) is 13.2. The molecule has 0 saturated carbocycles. The molecule has 0 radical (unpaired) electrons. The summed E-state index contributed by atoms with van der Waals surface area (Å²) in [5.74, 6) is 0.647. The lowest BCUT2D eigenvalue weighted by atomic mass is 9.96. The van der Waals surface area contributed by atoms with Crippen molar-refractivity contribution < 1.29 is 17.9 Å². The van der Waals surface area contributed by atoms with E-state index >= 15 is 0 Å². The maximum absolute atomic E-state index is 13.4. The molecule has 6 nitrogen and oxygen atoms in total. The van der Waals surface area contributed by atoms with Crippen molar-refractivity contribution in [3.63, 3.8) is 0 Å². The van der Waals surface area contributed by atoms with Crippen LogP contribution in [-0.2, 0) is 21.0 Å². The zero-order valence-corrected chi connectivity index (χ0v) is 20.0. The number of sulfone groups is 1. The van der Waals surface area contributed by atoms with Gasteiger partial charge in [-0.2, -0.15) is 0 Å². The summed E-state index contributed by atoms with van der Waals surface area (Å²) in [5.41, 5.74) is 8.68. The Kier molecular flexibility index (Phi) is 7.29. The van der Waals surface area contributed by atoms with Crippen LogP contribution in [0, 0.1) is 0 Å². The first kappa shape index (κ1) is 23.6. The lowest BCUT2D eigenvalue weighted by Crippen LogP contribution is -2.47. The third-order valence-corrected chi connectivity index (χ3v) is 9.42. The fourth-order valence-corrected chi connectivity index (χ4v) is 6.75. The van der Waals surface area contributed by atoms with Crippen LogP contribution in [0.1, 0.15) is 37.7 Å². The van der Waals surface area contributed by atoms with Crippen LogP contribution >= 0.6 is 0 Å². The molecule has 2 aliphatic heterocycles. The van der Waals surface area contributed by atoms with E-state index in [0.717, 1.165) is 19.5 Å². The minimum absolute atomic E-state index is 0.179. The summed E-state index contributed by atoms with van der Waals surface area (Å²) in [6.45, 7) is 7.27. The molecule has 2 saturated heterocycles. The number of nitrogens with zero attached hydrogens (tertiary/aromatic N) is 1. The summed E-state index contributed by atoms with van der Waals surface area (Å²) in [4.78, 5) is 2.69. The summed E-state index contributed by atoms with van der Waals surface area (Å²) >= 11 is 0. The highest BCUT2D eigenvalue weighted by Gasteiger charge is 2.47. The SMILES string of the molecule is C=C(N)C1(S(=O)(=O)c2ccc(OCCc3cccc(N4CCCCC4)c3)cc2)CCOCC1. The molecule has 2 aliphatic rings. The highest BCUT2D eigenvalue weighted by atomic mass is 32.2. The van der Waals surface area contributed by atoms with Crippen molar-refractivity contribution in [2.24, 2.45) is 5.73 Å². The lowest BCUT2D eigenvalue weighted by Gasteiger charge is -2.36. The summed E-state index contributed by atoms with van der Waals surface area (Å²) in [5, 5.41) is 0. The van der Waals surface area contributed by atoms with Crippen LogP contribution in [0.4, 0.5) is 5.69 Å². The third kappa shape index (κ3) is 5.04. The van der Waals surface area contributed by atoms with Gasteiger partial charge in [0.1, 0.15) is 10.5 Å². The molecule has 0 aromatic heterocycles. The predicted molar refractivity (Wildman–Crippen MR) is 131 cm³/mol. The topological polar surface area (TPSA) is 81.9 Å². The fraction of sp³-hybridized carbons (Fsp3) is 0.462. The Morgan fingerprint density at radius 1 is 1.06 bits per heavy atom. The number of rotatable bonds is 8. The molecule has 2 aromatic carbocycles. The third-order valence-electron chi connectivity index (χ3n) is 6.83. The van der Waals surface area contributed by atoms with E-state index in [9.17, 15) is 8.42 Å². The van der Waals surface area contributed by atoms with Crippen LogP contribution in [-0.4, -0.2) is 46.1 Å². The standard InChI is InChI=1S/C26H34N2O4S/c1-21(27)26(13-18-31-19-14-26)33(29,30)25-10-8-24(9-11-25)32-17-12-22-6-5-7-23(20-22)28-15-3-2-4-16-28/h5-11,20H,1-4,12-19,27H2. The maximum atomic E-state index is 13.4. The van der Waals surface area contributed by atoms with Gasteiger partial charge in [-0.3, -0.25) is 0 Å². The lowest BCUT2D eigenvalue weighted by molar-refractivity contribution is 0.0823. The molecule has 0 amide bonds. The van der Waals surface area contributed by atoms with E-state index in [-0.39, 0.29) is 10.6 Å². The number of piperidine rings is 1. The minimum atomic E-state index is -3.68. The maximum Gasteiger partial charge on any atom is 0.189 e. The molecule has 0 atom stereocenters. The van der Waals surface area contributed by atoms with E-state index in [1.807, 2.05) is 0 Å². The van der Waals surface area contributed by atoms with Crippen molar-refractivity contribution in [3.8, 4) is 5.75 Å². The normalized spacial score (nSPS) is 18.6. The number of hydrogen-bond acceptors (Lipinski definition) is 6. The van der Waals surface area contributed by atoms with Crippen LogP contribution in [0.2, 0.25) is 0 Å². The molecule has 7 heteroatoms. The Balaban J connectivity index is 1.38. The first-order valence-electron chi connectivity index (χ1n) is 11.8. The highest BCUT2D eigenvalue weighted by molar-refractivity contribution is 7.93. The summed E-state index contributed by atoms with van der Waals surface area (Å²) < 4.78 is 36.9. The summed E-state index contributed by atoms with van der Waals surface area (Å²) in [7, 11) is -3.68. The Labute approximate surface area is 197 Å². The Morgan fingerprint density at radius 2 is 1.76 bits per heavy atom. The Morgan fingerprint density at radius 3 is 2.42 bits per heavy atom. The molecule has 0 bridgehead atoms. The number of benzene rings is 2. The summed E-state index contributed by atoms with van der Waals surface area (Å²) in [6, 6.07) is 15.3. The summed E-state index contributed by atoms with van der Waals surface area (Å²) in [6.07, 6.45) is 5.26. The van der Waals surface area contributed by atoms with E-state index < -0.39 is 14.6 Å². The van der Waals surface area contributed by atoms with E-state index in [2.05, 4.69) is 35.7 Å². The molecular weight excluding hydrogens is 436 g/mol. The van der Waals surface area contributed by atoms with Gasteiger partial charge >= 0.3 is 0 Å². The monoisotopic (exact) mass is 470 g/mol. The molecule has 33 heavy (non-hydrogen) atoms. The van der Waals surface area contributed by atoms with E-state index in [1.165, 1.54) is 30.5 Å². The molecule has 178 valence electrons.